The van der Waals surface area contributed by atoms with Gasteiger partial charge in [0.25, 0.3) is 0 Å². The average molecular weight is 246 g/mol. The van der Waals surface area contributed by atoms with Crippen molar-refractivity contribution in [2.24, 2.45) is 0 Å². The maximum atomic E-state index is 10.3. The molecule has 1 heterocycles. The average Bonchev–Trinajstić information content (AvgIpc) is 2.74. The van der Waals surface area contributed by atoms with Gasteiger partial charge in [0.05, 0.1) is 7.11 Å². The van der Waals surface area contributed by atoms with Crippen LogP contribution in [0.2, 0.25) is 0 Å². The summed E-state index contributed by atoms with van der Waals surface area (Å²) in [5.74, 6) is 2.23. The predicted octanol–water partition coefficient (Wildman–Crippen LogP) is 3.30. The first kappa shape index (κ1) is 12.7. The van der Waals surface area contributed by atoms with Crippen LogP contribution < -0.4 is 4.74 Å². The molecule has 0 unspecified atom stereocenters. The zero-order chi connectivity index (χ0) is 13.3. The molecule has 0 fully saturated rings. The Balaban J connectivity index is 2.40. The van der Waals surface area contributed by atoms with Gasteiger partial charge in [0.1, 0.15) is 23.4 Å². The van der Waals surface area contributed by atoms with Crippen molar-refractivity contribution >= 4 is 0 Å². The summed E-state index contributed by atoms with van der Waals surface area (Å²) in [6.45, 7) is 5.80. The van der Waals surface area contributed by atoms with Crippen LogP contribution in [-0.4, -0.2) is 12.2 Å². The zero-order valence-corrected chi connectivity index (χ0v) is 11.2. The van der Waals surface area contributed by atoms with Gasteiger partial charge in [-0.1, -0.05) is 0 Å². The Morgan fingerprint density at radius 1 is 1.11 bits per heavy atom. The van der Waals surface area contributed by atoms with E-state index < -0.39 is 6.10 Å². The van der Waals surface area contributed by atoms with Crippen molar-refractivity contribution in [3.05, 3.63) is 52.5 Å². The Morgan fingerprint density at radius 3 is 2.17 bits per heavy atom. The zero-order valence-electron chi connectivity index (χ0n) is 11.2. The fraction of sp³-hybridized carbons (Fsp3) is 0.333. The third kappa shape index (κ3) is 2.27. The Morgan fingerprint density at radius 2 is 1.72 bits per heavy atom. The molecule has 18 heavy (non-hydrogen) atoms. The number of hydrogen-bond donors (Lipinski definition) is 1. The van der Waals surface area contributed by atoms with Crippen LogP contribution in [0.1, 0.15) is 34.3 Å². The Labute approximate surface area is 107 Å². The second kappa shape index (κ2) is 4.86. The summed E-state index contributed by atoms with van der Waals surface area (Å²) in [5, 5.41) is 10.3. The van der Waals surface area contributed by atoms with Crippen molar-refractivity contribution in [1.29, 1.82) is 0 Å². The molecule has 3 nitrogen and oxygen atoms in total. The standard InChI is InChI=1S/C15H18O3/c1-9-7-12(8-10(2)15(9)17-4)14(16)13-6-5-11(3)18-13/h5-8,14,16H,1-4H3/t14-/m1/s1. The Bertz CT molecular complexity index is 532. The molecule has 0 radical (unpaired) electrons. The number of aliphatic hydroxyl groups is 1. The lowest BCUT2D eigenvalue weighted by Crippen LogP contribution is -2.01. The summed E-state index contributed by atoms with van der Waals surface area (Å²) in [6, 6.07) is 7.50. The van der Waals surface area contributed by atoms with Gasteiger partial charge in [-0.15, -0.1) is 0 Å². The van der Waals surface area contributed by atoms with E-state index in [1.807, 2.05) is 39.0 Å². The van der Waals surface area contributed by atoms with Crippen LogP contribution in [0.15, 0.2) is 28.7 Å². The molecule has 3 heteroatoms. The van der Waals surface area contributed by atoms with Gasteiger partial charge in [0, 0.05) is 0 Å². The normalized spacial score (nSPS) is 12.5. The Hall–Kier alpha value is -1.74. The molecule has 0 bridgehead atoms. The minimum absolute atomic E-state index is 0.566. The van der Waals surface area contributed by atoms with E-state index in [4.69, 9.17) is 9.15 Å². The molecule has 0 amide bonds. The summed E-state index contributed by atoms with van der Waals surface area (Å²) in [5.41, 5.74) is 2.84. The van der Waals surface area contributed by atoms with Crippen LogP contribution in [0.25, 0.3) is 0 Å². The second-order valence-corrected chi connectivity index (χ2v) is 4.54. The minimum atomic E-state index is -0.734. The van der Waals surface area contributed by atoms with Crippen molar-refractivity contribution in [3.63, 3.8) is 0 Å². The molecule has 2 aromatic rings. The smallest absolute Gasteiger partial charge is 0.137 e. The first-order chi connectivity index (χ1) is 8.52. The van der Waals surface area contributed by atoms with E-state index in [1.54, 1.807) is 13.2 Å². The second-order valence-electron chi connectivity index (χ2n) is 4.54. The Kier molecular flexibility index (Phi) is 3.43. The van der Waals surface area contributed by atoms with E-state index in [-0.39, 0.29) is 0 Å². The van der Waals surface area contributed by atoms with Gasteiger partial charge in [-0.3, -0.25) is 0 Å². The summed E-state index contributed by atoms with van der Waals surface area (Å²) < 4.78 is 10.8. The lowest BCUT2D eigenvalue weighted by atomic mass is 10.0. The first-order valence-electron chi connectivity index (χ1n) is 5.92. The van der Waals surface area contributed by atoms with Crippen molar-refractivity contribution in [2.45, 2.75) is 26.9 Å². The summed E-state index contributed by atoms with van der Waals surface area (Å²) >= 11 is 0. The van der Waals surface area contributed by atoms with E-state index in [0.717, 1.165) is 28.2 Å². The third-order valence-corrected chi connectivity index (χ3v) is 3.03. The predicted molar refractivity (Wildman–Crippen MR) is 70.0 cm³/mol. The van der Waals surface area contributed by atoms with Crippen molar-refractivity contribution in [2.75, 3.05) is 7.11 Å². The SMILES string of the molecule is COc1c(C)cc([C@@H](O)c2ccc(C)o2)cc1C. The van der Waals surface area contributed by atoms with Crippen molar-refractivity contribution < 1.29 is 14.3 Å². The topological polar surface area (TPSA) is 42.6 Å². The lowest BCUT2D eigenvalue weighted by molar-refractivity contribution is 0.187. The summed E-state index contributed by atoms with van der Waals surface area (Å²) in [4.78, 5) is 0. The molecule has 0 saturated heterocycles. The number of ether oxygens (including phenoxy) is 1. The van der Waals surface area contributed by atoms with Crippen LogP contribution in [-0.2, 0) is 0 Å². The van der Waals surface area contributed by atoms with E-state index in [9.17, 15) is 5.11 Å². The molecule has 0 saturated carbocycles. The number of benzene rings is 1. The number of aryl methyl sites for hydroxylation is 3. The molecule has 0 spiro atoms. The summed E-state index contributed by atoms with van der Waals surface area (Å²) in [6.07, 6.45) is -0.734. The van der Waals surface area contributed by atoms with Gasteiger partial charge in [-0.25, -0.2) is 0 Å². The largest absolute Gasteiger partial charge is 0.496 e. The number of methoxy groups -OCH3 is 1. The first-order valence-corrected chi connectivity index (χ1v) is 5.92. The van der Waals surface area contributed by atoms with Crippen LogP contribution >= 0.6 is 0 Å². The van der Waals surface area contributed by atoms with Crippen LogP contribution in [0.5, 0.6) is 5.75 Å². The molecule has 0 aliphatic heterocycles. The number of hydrogen-bond acceptors (Lipinski definition) is 3. The molecule has 1 aromatic heterocycles. The van der Waals surface area contributed by atoms with Crippen LogP contribution in [0, 0.1) is 20.8 Å². The molecular formula is C15H18O3. The number of rotatable bonds is 3. The van der Waals surface area contributed by atoms with E-state index >= 15 is 0 Å². The van der Waals surface area contributed by atoms with Crippen molar-refractivity contribution in [3.8, 4) is 5.75 Å². The maximum Gasteiger partial charge on any atom is 0.137 e. The van der Waals surface area contributed by atoms with Crippen LogP contribution in [0.3, 0.4) is 0 Å². The molecule has 0 aliphatic rings. The molecule has 1 atom stereocenters. The van der Waals surface area contributed by atoms with E-state index in [1.165, 1.54) is 0 Å². The highest BCUT2D eigenvalue weighted by atomic mass is 16.5. The lowest BCUT2D eigenvalue weighted by Gasteiger charge is -2.14. The van der Waals surface area contributed by atoms with Gasteiger partial charge < -0.3 is 14.3 Å². The molecular weight excluding hydrogens is 228 g/mol. The van der Waals surface area contributed by atoms with Gasteiger partial charge in [-0.05, 0) is 61.7 Å². The number of aliphatic hydroxyl groups excluding tert-OH is 1. The molecule has 1 N–H and O–H groups in total. The minimum Gasteiger partial charge on any atom is -0.496 e. The fourth-order valence-corrected chi connectivity index (χ4v) is 2.23. The quantitative estimate of drug-likeness (QED) is 0.903. The van der Waals surface area contributed by atoms with E-state index in [2.05, 4.69) is 0 Å². The number of furan rings is 1. The van der Waals surface area contributed by atoms with Gasteiger partial charge in [0.15, 0.2) is 0 Å². The molecule has 1 aromatic carbocycles. The highest BCUT2D eigenvalue weighted by Gasteiger charge is 2.16. The monoisotopic (exact) mass is 246 g/mol. The van der Waals surface area contributed by atoms with Gasteiger partial charge >= 0.3 is 0 Å². The molecule has 96 valence electrons. The molecule has 0 aliphatic carbocycles. The third-order valence-electron chi connectivity index (χ3n) is 3.03. The van der Waals surface area contributed by atoms with E-state index in [0.29, 0.717) is 5.76 Å². The summed E-state index contributed by atoms with van der Waals surface area (Å²) in [7, 11) is 1.65. The highest BCUT2D eigenvalue weighted by molar-refractivity contribution is 5.45. The molecule has 2 rings (SSSR count). The van der Waals surface area contributed by atoms with Crippen molar-refractivity contribution in [1.82, 2.24) is 0 Å². The maximum absolute atomic E-state index is 10.3. The fourth-order valence-electron chi connectivity index (χ4n) is 2.23. The van der Waals surface area contributed by atoms with Gasteiger partial charge in [0.2, 0.25) is 0 Å². The highest BCUT2D eigenvalue weighted by Crippen LogP contribution is 2.30. The van der Waals surface area contributed by atoms with Gasteiger partial charge in [-0.2, -0.15) is 0 Å². The van der Waals surface area contributed by atoms with Crippen LogP contribution in [0.4, 0.5) is 0 Å².